The minimum absolute atomic E-state index is 0.0832. The van der Waals surface area contributed by atoms with E-state index in [1.54, 1.807) is 11.4 Å². The van der Waals surface area contributed by atoms with Crippen LogP contribution in [-0.2, 0) is 0 Å². The first-order chi connectivity index (χ1) is 8.11. The van der Waals surface area contributed by atoms with Gasteiger partial charge in [0.25, 0.3) is 0 Å². The van der Waals surface area contributed by atoms with E-state index in [-0.39, 0.29) is 11.7 Å². The molecule has 17 heavy (non-hydrogen) atoms. The van der Waals surface area contributed by atoms with Crippen molar-refractivity contribution in [3.63, 3.8) is 0 Å². The van der Waals surface area contributed by atoms with Crippen LogP contribution in [0.15, 0.2) is 24.4 Å². The Balaban J connectivity index is 0.000000686. The predicted octanol–water partition coefficient (Wildman–Crippen LogP) is 3.69. The van der Waals surface area contributed by atoms with E-state index in [2.05, 4.69) is 5.10 Å². The second-order valence-electron chi connectivity index (χ2n) is 4.00. The molecule has 0 radical (unpaired) electrons. The topological polar surface area (TPSA) is 34.4 Å². The minimum Gasteiger partial charge on any atom is -0.294 e. The lowest BCUT2D eigenvalue weighted by Crippen LogP contribution is -1.98. The fourth-order valence-electron chi connectivity index (χ4n) is 1.78. The Kier molecular flexibility index (Phi) is 4.44. The average Bonchev–Trinajstić information content (AvgIpc) is 2.71. The number of fused-ring (bicyclic) bond motifs is 1. The largest absolute Gasteiger partial charge is 0.294 e. The van der Waals surface area contributed by atoms with E-state index in [0.29, 0.717) is 0 Å². The Morgan fingerprint density at radius 1 is 1.29 bits per heavy atom. The molecule has 0 aliphatic rings. The first-order valence-corrected chi connectivity index (χ1v) is 6.09. The number of ketones is 1. The molecule has 0 aliphatic heterocycles. The molecule has 0 fully saturated rings. The number of aromatic nitrogens is 2. The summed E-state index contributed by atoms with van der Waals surface area (Å²) in [6.07, 6.45) is 1.87. The van der Waals surface area contributed by atoms with Crippen molar-refractivity contribution in [2.45, 2.75) is 40.5 Å². The number of hydrogen-bond acceptors (Lipinski definition) is 2. The van der Waals surface area contributed by atoms with Crippen molar-refractivity contribution in [1.29, 1.82) is 0 Å². The third-order valence-electron chi connectivity index (χ3n) is 2.47. The fraction of sp³-hybridized carbons (Fsp3) is 0.429. The summed E-state index contributed by atoms with van der Waals surface area (Å²) >= 11 is 0. The Labute approximate surface area is 102 Å². The summed E-state index contributed by atoms with van der Waals surface area (Å²) < 4.78 is 1.77. The van der Waals surface area contributed by atoms with E-state index in [0.717, 1.165) is 16.8 Å². The second-order valence-corrected chi connectivity index (χ2v) is 4.00. The zero-order chi connectivity index (χ0) is 13.0. The number of carbonyl (C=O) groups is 1. The fourth-order valence-corrected chi connectivity index (χ4v) is 1.78. The molecule has 2 aromatic rings. The molecule has 0 amide bonds. The summed E-state index contributed by atoms with van der Waals surface area (Å²) in [5.74, 6) is 0.351. The van der Waals surface area contributed by atoms with Gasteiger partial charge in [0.1, 0.15) is 0 Å². The third-order valence-corrected chi connectivity index (χ3v) is 2.47. The van der Waals surface area contributed by atoms with Crippen LogP contribution in [0.2, 0.25) is 0 Å². The molecule has 3 nitrogen and oxygen atoms in total. The summed E-state index contributed by atoms with van der Waals surface area (Å²) in [4.78, 5) is 11.6. The average molecular weight is 232 g/mol. The van der Waals surface area contributed by atoms with E-state index < -0.39 is 0 Å². The molecule has 0 aromatic carbocycles. The molecule has 0 saturated heterocycles. The molecule has 2 aromatic heterocycles. The maximum Gasteiger partial charge on any atom is 0.163 e. The first kappa shape index (κ1) is 13.4. The normalized spacial score (nSPS) is 10.2. The molecule has 2 heterocycles. The highest BCUT2D eigenvalue weighted by atomic mass is 16.1. The summed E-state index contributed by atoms with van der Waals surface area (Å²) in [5, 5.41) is 4.43. The molecule has 92 valence electrons. The lowest BCUT2D eigenvalue weighted by atomic mass is 10.0. The maximum atomic E-state index is 11.6. The van der Waals surface area contributed by atoms with Crippen LogP contribution in [0.5, 0.6) is 0 Å². The number of nitrogens with zero attached hydrogens (tertiary/aromatic N) is 2. The van der Waals surface area contributed by atoms with Gasteiger partial charge in [-0.15, -0.1) is 0 Å². The smallest absolute Gasteiger partial charge is 0.163 e. The third kappa shape index (κ3) is 2.54. The van der Waals surface area contributed by atoms with Crippen LogP contribution in [0.1, 0.15) is 56.6 Å². The predicted molar refractivity (Wildman–Crippen MR) is 70.6 cm³/mol. The molecule has 0 N–H and O–H groups in total. The zero-order valence-electron chi connectivity index (χ0n) is 11.2. The van der Waals surface area contributed by atoms with Crippen LogP contribution < -0.4 is 0 Å². The molecule has 2 rings (SSSR count). The molecule has 3 heteroatoms. The Bertz CT molecular complexity index is 512. The van der Waals surface area contributed by atoms with E-state index in [1.807, 2.05) is 52.1 Å². The van der Waals surface area contributed by atoms with Gasteiger partial charge in [0, 0.05) is 6.20 Å². The van der Waals surface area contributed by atoms with E-state index in [1.165, 1.54) is 0 Å². The molecule has 0 bridgehead atoms. The van der Waals surface area contributed by atoms with Gasteiger partial charge in [-0.25, -0.2) is 4.52 Å². The highest BCUT2D eigenvalue weighted by molar-refractivity contribution is 6.02. The van der Waals surface area contributed by atoms with E-state index in [4.69, 9.17) is 0 Å². The molecule has 0 saturated carbocycles. The Morgan fingerprint density at radius 2 is 1.94 bits per heavy atom. The molecule has 0 atom stereocenters. The molecular formula is C14H20N2O. The van der Waals surface area contributed by atoms with Gasteiger partial charge < -0.3 is 0 Å². The van der Waals surface area contributed by atoms with Gasteiger partial charge in [0.2, 0.25) is 0 Å². The van der Waals surface area contributed by atoms with Crippen molar-refractivity contribution < 1.29 is 4.79 Å². The van der Waals surface area contributed by atoms with Crippen LogP contribution >= 0.6 is 0 Å². The standard InChI is InChI=1S/C12H14N2O.C2H6/c1-8(2)12-11(9(3)15)10-6-4-5-7-14(10)13-12;1-2/h4-8H,1-3H3;1-2H3. The molecule has 0 unspecified atom stereocenters. The van der Waals surface area contributed by atoms with Crippen LogP contribution in [-0.4, -0.2) is 15.4 Å². The van der Waals surface area contributed by atoms with Gasteiger partial charge in [-0.3, -0.25) is 4.79 Å². The number of pyridine rings is 1. The van der Waals surface area contributed by atoms with Gasteiger partial charge in [-0.2, -0.15) is 5.10 Å². The summed E-state index contributed by atoms with van der Waals surface area (Å²) in [6, 6.07) is 5.76. The van der Waals surface area contributed by atoms with Gasteiger partial charge in [0.15, 0.2) is 5.78 Å². The minimum atomic E-state index is 0.0832. The Morgan fingerprint density at radius 3 is 2.47 bits per heavy atom. The Hall–Kier alpha value is -1.64. The van der Waals surface area contributed by atoms with Crippen LogP contribution in [0.25, 0.3) is 5.52 Å². The maximum absolute atomic E-state index is 11.6. The molecular weight excluding hydrogens is 212 g/mol. The lowest BCUT2D eigenvalue weighted by Gasteiger charge is -2.01. The van der Waals surface area contributed by atoms with Crippen molar-refractivity contribution in [2.75, 3.05) is 0 Å². The van der Waals surface area contributed by atoms with Crippen molar-refractivity contribution >= 4 is 11.3 Å². The van der Waals surface area contributed by atoms with Crippen molar-refractivity contribution in [3.05, 3.63) is 35.7 Å². The SMILES string of the molecule is CC.CC(=O)c1c(C(C)C)nn2ccccc12. The van der Waals surface area contributed by atoms with Gasteiger partial charge in [0.05, 0.1) is 16.8 Å². The van der Waals surface area contributed by atoms with Crippen molar-refractivity contribution in [3.8, 4) is 0 Å². The van der Waals surface area contributed by atoms with Gasteiger partial charge >= 0.3 is 0 Å². The van der Waals surface area contributed by atoms with Crippen molar-refractivity contribution in [1.82, 2.24) is 9.61 Å². The number of carbonyl (C=O) groups excluding carboxylic acids is 1. The highest BCUT2D eigenvalue weighted by Crippen LogP contribution is 2.22. The molecule has 0 spiro atoms. The monoisotopic (exact) mass is 232 g/mol. The van der Waals surface area contributed by atoms with Crippen LogP contribution in [0, 0.1) is 0 Å². The van der Waals surface area contributed by atoms with E-state index >= 15 is 0 Å². The number of Topliss-reactive ketones (excluding diaryl/α,β-unsaturated/α-hetero) is 1. The second kappa shape index (κ2) is 5.62. The highest BCUT2D eigenvalue weighted by Gasteiger charge is 2.18. The summed E-state index contributed by atoms with van der Waals surface area (Å²) in [7, 11) is 0. The lowest BCUT2D eigenvalue weighted by molar-refractivity contribution is 0.101. The quantitative estimate of drug-likeness (QED) is 0.740. The van der Waals surface area contributed by atoms with Crippen LogP contribution in [0.4, 0.5) is 0 Å². The number of hydrogen-bond donors (Lipinski definition) is 0. The van der Waals surface area contributed by atoms with Gasteiger partial charge in [-0.1, -0.05) is 33.8 Å². The van der Waals surface area contributed by atoms with E-state index in [9.17, 15) is 4.79 Å². The first-order valence-electron chi connectivity index (χ1n) is 6.09. The number of rotatable bonds is 2. The molecule has 0 aliphatic carbocycles. The van der Waals surface area contributed by atoms with Gasteiger partial charge in [-0.05, 0) is 25.0 Å². The zero-order valence-corrected chi connectivity index (χ0v) is 11.2. The van der Waals surface area contributed by atoms with Crippen LogP contribution in [0.3, 0.4) is 0 Å². The van der Waals surface area contributed by atoms with Crippen molar-refractivity contribution in [2.24, 2.45) is 0 Å². The summed E-state index contributed by atoms with van der Waals surface area (Å²) in [6.45, 7) is 9.69. The summed E-state index contributed by atoms with van der Waals surface area (Å²) in [5.41, 5.74) is 2.54.